The van der Waals surface area contributed by atoms with Crippen LogP contribution in [0, 0.1) is 0 Å². The average molecular weight is 431 g/mol. The Labute approximate surface area is 176 Å². The molecular weight excluding hydrogens is 410 g/mol. The van der Waals surface area contributed by atoms with Gasteiger partial charge in [0.2, 0.25) is 16.8 Å². The van der Waals surface area contributed by atoms with E-state index < -0.39 is 11.5 Å². The summed E-state index contributed by atoms with van der Waals surface area (Å²) in [6, 6.07) is 6.34. The van der Waals surface area contributed by atoms with Crippen molar-refractivity contribution in [2.75, 3.05) is 26.6 Å². The molecule has 0 atom stereocenters. The molecule has 0 bridgehead atoms. The first-order valence-corrected chi connectivity index (χ1v) is 9.81. The summed E-state index contributed by atoms with van der Waals surface area (Å²) in [6.07, 6.45) is 0.728. The van der Waals surface area contributed by atoms with Crippen molar-refractivity contribution in [2.45, 2.75) is 19.9 Å². The lowest BCUT2D eigenvalue weighted by atomic mass is 10.1. The second kappa shape index (κ2) is 9.35. The van der Waals surface area contributed by atoms with Crippen molar-refractivity contribution in [3.63, 3.8) is 0 Å². The number of benzene rings is 1. The van der Waals surface area contributed by atoms with E-state index in [1.807, 2.05) is 6.92 Å². The van der Waals surface area contributed by atoms with Gasteiger partial charge in [0.1, 0.15) is 11.6 Å². The van der Waals surface area contributed by atoms with Gasteiger partial charge in [0, 0.05) is 11.6 Å². The molecule has 0 aliphatic carbocycles. The van der Waals surface area contributed by atoms with Crippen molar-refractivity contribution in [1.82, 2.24) is 20.0 Å². The Balaban J connectivity index is 1.88. The van der Waals surface area contributed by atoms with Crippen molar-refractivity contribution in [1.29, 1.82) is 0 Å². The average Bonchev–Trinajstić information content (AvgIpc) is 3.21. The maximum absolute atomic E-state index is 12.3. The van der Waals surface area contributed by atoms with Crippen LogP contribution in [0.4, 0.5) is 5.13 Å². The van der Waals surface area contributed by atoms with Gasteiger partial charge in [-0.2, -0.15) is 5.10 Å². The van der Waals surface area contributed by atoms with Crippen LogP contribution in [-0.2, 0) is 17.8 Å². The van der Waals surface area contributed by atoms with Gasteiger partial charge in [-0.3, -0.25) is 14.9 Å². The van der Waals surface area contributed by atoms with E-state index in [1.54, 1.807) is 18.2 Å². The summed E-state index contributed by atoms with van der Waals surface area (Å²) in [5.74, 6) is 0.921. The highest BCUT2D eigenvalue weighted by Gasteiger charge is 2.16. The van der Waals surface area contributed by atoms with Gasteiger partial charge < -0.3 is 14.2 Å². The standard InChI is InChI=1S/C19H21N5O5S/c1-5-16-21-22-19(30-16)20-15(25)10-24-17(26)7-6-12(23-24)11-8-13(27-2)18(29-4)14(9-11)28-3/h6-9H,5,10H2,1-4H3,(H,20,22,25). The van der Waals surface area contributed by atoms with Crippen LogP contribution in [0.15, 0.2) is 29.1 Å². The van der Waals surface area contributed by atoms with Crippen LogP contribution in [-0.4, -0.2) is 47.2 Å². The highest BCUT2D eigenvalue weighted by Crippen LogP contribution is 2.40. The van der Waals surface area contributed by atoms with Crippen molar-refractivity contribution in [3.8, 4) is 28.5 Å². The molecule has 158 valence electrons. The molecule has 1 amide bonds. The third kappa shape index (κ3) is 4.57. The number of amides is 1. The van der Waals surface area contributed by atoms with Crippen LogP contribution >= 0.6 is 11.3 Å². The minimum atomic E-state index is -0.426. The minimum Gasteiger partial charge on any atom is -0.493 e. The van der Waals surface area contributed by atoms with Crippen LogP contribution in [0.25, 0.3) is 11.3 Å². The molecule has 0 radical (unpaired) electrons. The van der Waals surface area contributed by atoms with Crippen molar-refractivity contribution < 1.29 is 19.0 Å². The van der Waals surface area contributed by atoms with Gasteiger partial charge in [-0.05, 0) is 24.6 Å². The highest BCUT2D eigenvalue weighted by atomic mass is 32.1. The molecule has 1 aromatic carbocycles. The number of hydrogen-bond donors (Lipinski definition) is 1. The van der Waals surface area contributed by atoms with Crippen LogP contribution in [0.1, 0.15) is 11.9 Å². The fraction of sp³-hybridized carbons (Fsp3) is 0.316. The van der Waals surface area contributed by atoms with E-state index in [2.05, 4.69) is 20.6 Å². The normalized spacial score (nSPS) is 10.5. The molecule has 0 unspecified atom stereocenters. The Morgan fingerprint density at radius 1 is 1.10 bits per heavy atom. The van der Waals surface area contributed by atoms with Crippen molar-refractivity contribution in [3.05, 3.63) is 39.6 Å². The second-order valence-corrected chi connectivity index (χ2v) is 7.09. The lowest BCUT2D eigenvalue weighted by molar-refractivity contribution is -0.117. The number of carbonyl (C=O) groups is 1. The predicted octanol–water partition coefficient (Wildman–Crippen LogP) is 1.99. The van der Waals surface area contributed by atoms with E-state index in [4.69, 9.17) is 14.2 Å². The molecule has 10 nitrogen and oxygen atoms in total. The Morgan fingerprint density at radius 3 is 2.37 bits per heavy atom. The summed E-state index contributed by atoms with van der Waals surface area (Å²) >= 11 is 1.29. The minimum absolute atomic E-state index is 0.266. The van der Waals surface area contributed by atoms with Gasteiger partial charge in [-0.1, -0.05) is 18.3 Å². The number of anilines is 1. The van der Waals surface area contributed by atoms with E-state index in [9.17, 15) is 9.59 Å². The number of ether oxygens (including phenoxy) is 3. The van der Waals surface area contributed by atoms with Crippen molar-refractivity contribution >= 4 is 22.4 Å². The molecule has 3 aromatic rings. The number of nitrogens with one attached hydrogen (secondary N) is 1. The smallest absolute Gasteiger partial charge is 0.267 e. The van der Waals surface area contributed by atoms with Crippen LogP contribution in [0.2, 0.25) is 0 Å². The van der Waals surface area contributed by atoms with Crippen molar-refractivity contribution in [2.24, 2.45) is 0 Å². The van der Waals surface area contributed by atoms with Crippen LogP contribution in [0.3, 0.4) is 0 Å². The van der Waals surface area contributed by atoms with Crippen LogP contribution < -0.4 is 25.1 Å². The Bertz CT molecular complexity index is 1090. The number of aromatic nitrogens is 4. The fourth-order valence-electron chi connectivity index (χ4n) is 2.69. The van der Waals surface area contributed by atoms with E-state index in [0.717, 1.165) is 16.1 Å². The fourth-order valence-corrected chi connectivity index (χ4v) is 3.38. The van der Waals surface area contributed by atoms with Crippen LogP contribution in [0.5, 0.6) is 17.2 Å². The zero-order valence-corrected chi connectivity index (χ0v) is 17.8. The number of carbonyl (C=O) groups excluding carboxylic acids is 1. The molecule has 0 aliphatic heterocycles. The first-order chi connectivity index (χ1) is 14.5. The Hall–Kier alpha value is -3.47. The molecule has 0 fully saturated rings. The molecule has 0 saturated carbocycles. The van der Waals surface area contributed by atoms with Gasteiger partial charge in [-0.15, -0.1) is 10.2 Å². The predicted molar refractivity (Wildman–Crippen MR) is 112 cm³/mol. The summed E-state index contributed by atoms with van der Waals surface area (Å²) in [7, 11) is 4.53. The topological polar surface area (TPSA) is 117 Å². The molecule has 0 aliphatic rings. The maximum atomic E-state index is 12.3. The summed E-state index contributed by atoms with van der Waals surface area (Å²) < 4.78 is 17.1. The molecule has 0 saturated heterocycles. The van der Waals surface area contributed by atoms with Gasteiger partial charge in [-0.25, -0.2) is 4.68 Å². The maximum Gasteiger partial charge on any atom is 0.267 e. The number of hydrogen-bond acceptors (Lipinski definition) is 9. The molecule has 2 aromatic heterocycles. The lowest BCUT2D eigenvalue weighted by Crippen LogP contribution is -2.29. The number of methoxy groups -OCH3 is 3. The zero-order chi connectivity index (χ0) is 21.7. The molecule has 2 heterocycles. The Morgan fingerprint density at radius 2 is 1.80 bits per heavy atom. The largest absolute Gasteiger partial charge is 0.493 e. The van der Waals surface area contributed by atoms with Gasteiger partial charge in [0.15, 0.2) is 11.5 Å². The molecule has 0 spiro atoms. The quantitative estimate of drug-likeness (QED) is 0.575. The highest BCUT2D eigenvalue weighted by molar-refractivity contribution is 7.15. The van der Waals surface area contributed by atoms with E-state index in [0.29, 0.717) is 33.6 Å². The van der Waals surface area contributed by atoms with Gasteiger partial charge in [0.05, 0.1) is 27.0 Å². The van der Waals surface area contributed by atoms with Gasteiger partial charge >= 0.3 is 0 Å². The third-order valence-electron chi connectivity index (χ3n) is 4.14. The van der Waals surface area contributed by atoms with Gasteiger partial charge in [0.25, 0.3) is 5.56 Å². The SMILES string of the molecule is CCc1nnc(NC(=O)Cn2nc(-c3cc(OC)c(OC)c(OC)c3)ccc2=O)s1. The van der Waals surface area contributed by atoms with E-state index in [-0.39, 0.29) is 6.54 Å². The molecule has 1 N–H and O–H groups in total. The molecule has 3 rings (SSSR count). The number of nitrogens with zero attached hydrogens (tertiary/aromatic N) is 4. The summed E-state index contributed by atoms with van der Waals surface area (Å²) in [5.41, 5.74) is 0.689. The lowest BCUT2D eigenvalue weighted by Gasteiger charge is -2.14. The Kier molecular flexibility index (Phi) is 6.62. The molecular formula is C19H21N5O5S. The number of aryl methyl sites for hydroxylation is 1. The number of rotatable bonds is 8. The summed E-state index contributed by atoms with van der Waals surface area (Å²) in [6.45, 7) is 1.68. The van der Waals surface area contributed by atoms with E-state index >= 15 is 0 Å². The summed E-state index contributed by atoms with van der Waals surface area (Å²) in [4.78, 5) is 24.5. The third-order valence-corrected chi connectivity index (χ3v) is 5.12. The molecule has 30 heavy (non-hydrogen) atoms. The first-order valence-electron chi connectivity index (χ1n) is 8.99. The molecule has 11 heteroatoms. The van der Waals surface area contributed by atoms with E-state index in [1.165, 1.54) is 38.7 Å². The second-order valence-electron chi connectivity index (χ2n) is 6.03. The summed E-state index contributed by atoms with van der Waals surface area (Å²) in [5, 5.41) is 16.0. The monoisotopic (exact) mass is 431 g/mol. The zero-order valence-electron chi connectivity index (χ0n) is 17.0. The first kappa shape index (κ1) is 21.2.